The fourth-order valence-corrected chi connectivity index (χ4v) is 2.05. The number of rotatable bonds is 9. The molecule has 1 aromatic carbocycles. The summed E-state index contributed by atoms with van der Waals surface area (Å²) in [5, 5.41) is 2.72. The van der Waals surface area contributed by atoms with Gasteiger partial charge in [-0.3, -0.25) is 9.59 Å². The molecule has 1 rings (SSSR count). The Kier molecular flexibility index (Phi) is 7.90. The molecule has 7 nitrogen and oxygen atoms in total. The fraction of sp³-hybridized carbons (Fsp3) is 0.500. The van der Waals surface area contributed by atoms with Crippen molar-refractivity contribution in [1.82, 2.24) is 5.32 Å². The molecule has 0 spiro atoms. The highest BCUT2D eigenvalue weighted by Crippen LogP contribution is 2.32. The van der Waals surface area contributed by atoms with E-state index in [0.29, 0.717) is 30.3 Å². The largest absolute Gasteiger partial charge is 0.497 e. The third kappa shape index (κ3) is 5.78. The quantitative estimate of drug-likeness (QED) is 0.691. The predicted molar refractivity (Wildman–Crippen MR) is 87.1 cm³/mol. The second-order valence-electron chi connectivity index (χ2n) is 4.80. The van der Waals surface area contributed by atoms with Crippen LogP contribution in [0.15, 0.2) is 18.2 Å². The van der Waals surface area contributed by atoms with Gasteiger partial charge in [-0.1, -0.05) is 0 Å². The van der Waals surface area contributed by atoms with Crippen LogP contribution in [0, 0.1) is 0 Å². The molecular formula is C16H24N2O5. The van der Waals surface area contributed by atoms with Gasteiger partial charge < -0.3 is 24.4 Å². The number of nitrogens with zero attached hydrogens (tertiary/aromatic N) is 1. The number of hydrogen-bond acceptors (Lipinski definition) is 5. The van der Waals surface area contributed by atoms with Gasteiger partial charge in [-0.2, -0.15) is 0 Å². The van der Waals surface area contributed by atoms with Crippen LogP contribution in [-0.2, 0) is 14.3 Å². The monoisotopic (exact) mass is 324 g/mol. The summed E-state index contributed by atoms with van der Waals surface area (Å²) < 4.78 is 15.4. The summed E-state index contributed by atoms with van der Waals surface area (Å²) in [5.41, 5.74) is 0.573. The Labute approximate surface area is 136 Å². The van der Waals surface area contributed by atoms with E-state index in [1.807, 2.05) is 0 Å². The smallest absolute Gasteiger partial charge is 0.223 e. The molecule has 0 fully saturated rings. The first kappa shape index (κ1) is 18.8. The minimum absolute atomic E-state index is 0.143. The highest BCUT2D eigenvalue weighted by molar-refractivity contribution is 5.94. The standard InChI is InChI=1S/C16H24N2O5/c1-12(19)18(9-7-16(20)17-8-10-21-2)14-11-13(22-3)5-6-15(14)23-4/h5-6,11H,7-10H2,1-4H3,(H,17,20). The van der Waals surface area contributed by atoms with Gasteiger partial charge in [0, 0.05) is 39.6 Å². The maximum atomic E-state index is 12.0. The van der Waals surface area contributed by atoms with Crippen LogP contribution in [0.1, 0.15) is 13.3 Å². The van der Waals surface area contributed by atoms with Crippen LogP contribution in [-0.4, -0.2) is 52.8 Å². The number of ether oxygens (including phenoxy) is 3. The van der Waals surface area contributed by atoms with E-state index < -0.39 is 0 Å². The topological polar surface area (TPSA) is 77.1 Å². The van der Waals surface area contributed by atoms with Gasteiger partial charge >= 0.3 is 0 Å². The molecule has 128 valence electrons. The zero-order chi connectivity index (χ0) is 17.2. The van der Waals surface area contributed by atoms with Crippen molar-refractivity contribution in [3.63, 3.8) is 0 Å². The van der Waals surface area contributed by atoms with E-state index >= 15 is 0 Å². The van der Waals surface area contributed by atoms with Crippen molar-refractivity contribution in [1.29, 1.82) is 0 Å². The Balaban J connectivity index is 2.82. The summed E-state index contributed by atoms with van der Waals surface area (Å²) in [4.78, 5) is 25.3. The number of amides is 2. The normalized spacial score (nSPS) is 10.1. The van der Waals surface area contributed by atoms with Crippen molar-refractivity contribution in [2.24, 2.45) is 0 Å². The van der Waals surface area contributed by atoms with Gasteiger partial charge in [0.05, 0.1) is 26.5 Å². The van der Waals surface area contributed by atoms with Crippen molar-refractivity contribution in [2.45, 2.75) is 13.3 Å². The van der Waals surface area contributed by atoms with Gasteiger partial charge in [-0.25, -0.2) is 0 Å². The Bertz CT molecular complexity index is 533. The summed E-state index contributed by atoms with van der Waals surface area (Å²) in [5.74, 6) is 0.828. The van der Waals surface area contributed by atoms with E-state index in [2.05, 4.69) is 5.32 Å². The molecule has 2 amide bonds. The molecule has 0 aliphatic heterocycles. The Morgan fingerprint density at radius 2 is 1.91 bits per heavy atom. The molecule has 0 heterocycles. The van der Waals surface area contributed by atoms with E-state index in [9.17, 15) is 9.59 Å². The van der Waals surface area contributed by atoms with Crippen LogP contribution < -0.4 is 19.7 Å². The Hall–Kier alpha value is -2.28. The van der Waals surface area contributed by atoms with E-state index in [0.717, 1.165) is 0 Å². The lowest BCUT2D eigenvalue weighted by Gasteiger charge is -2.23. The summed E-state index contributed by atoms with van der Waals surface area (Å²) in [6.45, 7) is 2.59. The van der Waals surface area contributed by atoms with Crippen molar-refractivity contribution in [3.05, 3.63) is 18.2 Å². The number of carbonyl (C=O) groups excluding carboxylic acids is 2. The minimum atomic E-state index is -0.179. The summed E-state index contributed by atoms with van der Waals surface area (Å²) in [6, 6.07) is 5.18. The molecule has 0 radical (unpaired) electrons. The van der Waals surface area contributed by atoms with E-state index in [4.69, 9.17) is 14.2 Å². The number of hydrogen-bond donors (Lipinski definition) is 1. The third-order valence-corrected chi connectivity index (χ3v) is 3.25. The number of methoxy groups -OCH3 is 3. The van der Waals surface area contributed by atoms with E-state index in [1.54, 1.807) is 32.4 Å². The molecule has 0 saturated carbocycles. The first-order valence-electron chi connectivity index (χ1n) is 7.29. The molecule has 0 atom stereocenters. The molecule has 0 bridgehead atoms. The third-order valence-electron chi connectivity index (χ3n) is 3.25. The molecule has 23 heavy (non-hydrogen) atoms. The first-order chi connectivity index (χ1) is 11.0. The summed E-state index contributed by atoms with van der Waals surface area (Å²) >= 11 is 0. The number of anilines is 1. The molecule has 0 aliphatic rings. The maximum Gasteiger partial charge on any atom is 0.223 e. The highest BCUT2D eigenvalue weighted by atomic mass is 16.5. The van der Waals surface area contributed by atoms with Crippen molar-refractivity contribution in [2.75, 3.05) is 45.9 Å². The van der Waals surface area contributed by atoms with Crippen LogP contribution in [0.3, 0.4) is 0 Å². The maximum absolute atomic E-state index is 12.0. The zero-order valence-electron chi connectivity index (χ0n) is 14.0. The average Bonchev–Trinajstić information content (AvgIpc) is 2.54. The van der Waals surface area contributed by atoms with Crippen LogP contribution in [0.4, 0.5) is 5.69 Å². The number of benzene rings is 1. The van der Waals surface area contributed by atoms with Crippen molar-refractivity contribution >= 4 is 17.5 Å². The van der Waals surface area contributed by atoms with Crippen molar-refractivity contribution in [3.8, 4) is 11.5 Å². The molecule has 0 aliphatic carbocycles. The van der Waals surface area contributed by atoms with Gasteiger partial charge in [0.15, 0.2) is 0 Å². The van der Waals surface area contributed by atoms with Gasteiger partial charge in [0.25, 0.3) is 0 Å². The second kappa shape index (κ2) is 9.68. The van der Waals surface area contributed by atoms with Crippen LogP contribution >= 0.6 is 0 Å². The van der Waals surface area contributed by atoms with Crippen LogP contribution in [0.25, 0.3) is 0 Å². The summed E-state index contributed by atoms with van der Waals surface area (Å²) in [7, 11) is 4.65. The predicted octanol–water partition coefficient (Wildman–Crippen LogP) is 1.21. The molecule has 1 aromatic rings. The molecule has 0 aromatic heterocycles. The highest BCUT2D eigenvalue weighted by Gasteiger charge is 2.18. The lowest BCUT2D eigenvalue weighted by Crippen LogP contribution is -2.35. The minimum Gasteiger partial charge on any atom is -0.497 e. The SMILES string of the molecule is COCCNC(=O)CCN(C(C)=O)c1cc(OC)ccc1OC. The Morgan fingerprint density at radius 1 is 1.17 bits per heavy atom. The van der Waals surface area contributed by atoms with Gasteiger partial charge in [0.1, 0.15) is 11.5 Å². The van der Waals surface area contributed by atoms with E-state index in [-0.39, 0.29) is 24.8 Å². The lowest BCUT2D eigenvalue weighted by molar-refractivity contribution is -0.121. The molecular weight excluding hydrogens is 300 g/mol. The van der Waals surface area contributed by atoms with Crippen LogP contribution in [0.2, 0.25) is 0 Å². The average molecular weight is 324 g/mol. The first-order valence-corrected chi connectivity index (χ1v) is 7.29. The van der Waals surface area contributed by atoms with Crippen LogP contribution in [0.5, 0.6) is 11.5 Å². The fourth-order valence-electron chi connectivity index (χ4n) is 2.05. The molecule has 1 N–H and O–H groups in total. The van der Waals surface area contributed by atoms with Gasteiger partial charge in [-0.15, -0.1) is 0 Å². The van der Waals surface area contributed by atoms with Gasteiger partial charge in [0.2, 0.25) is 11.8 Å². The number of nitrogens with one attached hydrogen (secondary N) is 1. The second-order valence-corrected chi connectivity index (χ2v) is 4.80. The zero-order valence-corrected chi connectivity index (χ0v) is 14.0. The van der Waals surface area contributed by atoms with Crippen molar-refractivity contribution < 1.29 is 23.8 Å². The van der Waals surface area contributed by atoms with Gasteiger partial charge in [-0.05, 0) is 12.1 Å². The lowest BCUT2D eigenvalue weighted by atomic mass is 10.2. The molecule has 0 saturated heterocycles. The summed E-state index contributed by atoms with van der Waals surface area (Å²) in [6.07, 6.45) is 0.184. The Morgan fingerprint density at radius 3 is 2.48 bits per heavy atom. The van der Waals surface area contributed by atoms with E-state index in [1.165, 1.54) is 18.9 Å². The molecule has 0 unspecified atom stereocenters. The molecule has 7 heteroatoms. The number of carbonyl (C=O) groups is 2.